The molecule has 0 saturated heterocycles. The van der Waals surface area contributed by atoms with Gasteiger partial charge in [-0.1, -0.05) is 6.07 Å². The monoisotopic (exact) mass is 310 g/mol. The van der Waals surface area contributed by atoms with Crippen LogP contribution in [0.15, 0.2) is 17.5 Å². The molecule has 1 heterocycles. The molecule has 2 amide bonds. The zero-order valence-corrected chi connectivity index (χ0v) is 11.3. The van der Waals surface area contributed by atoms with Gasteiger partial charge >= 0.3 is 18.0 Å². The first-order chi connectivity index (χ1) is 9.12. The summed E-state index contributed by atoms with van der Waals surface area (Å²) < 4.78 is 35.6. The van der Waals surface area contributed by atoms with E-state index in [2.05, 4.69) is 5.32 Å². The number of alkyl halides is 3. The summed E-state index contributed by atoms with van der Waals surface area (Å²) in [6.45, 7) is -0.445. The van der Waals surface area contributed by atoms with Crippen LogP contribution in [0.5, 0.6) is 0 Å². The molecule has 0 aliphatic heterocycles. The fourth-order valence-electron chi connectivity index (χ4n) is 1.27. The van der Waals surface area contributed by atoms with Gasteiger partial charge in [0.25, 0.3) is 0 Å². The van der Waals surface area contributed by atoms with Crippen molar-refractivity contribution in [3.05, 3.63) is 22.4 Å². The predicted octanol–water partition coefficient (Wildman–Crippen LogP) is 0.750. The molecule has 112 valence electrons. The first-order valence-electron chi connectivity index (χ1n) is 5.51. The van der Waals surface area contributed by atoms with Gasteiger partial charge in [-0.3, -0.25) is 9.59 Å². The van der Waals surface area contributed by atoms with Gasteiger partial charge in [-0.25, -0.2) is 0 Å². The maximum Gasteiger partial charge on any atom is 0.405 e. The van der Waals surface area contributed by atoms with Crippen LogP contribution in [0.25, 0.3) is 0 Å². The number of carbonyl (C=O) groups excluding carboxylic acids is 2. The Balaban J connectivity index is 2.45. The molecule has 1 aromatic heterocycles. The van der Waals surface area contributed by atoms with Crippen LogP contribution in [0.4, 0.5) is 13.2 Å². The Hall–Kier alpha value is -1.61. The standard InChI is InChI=1S/C11H13F3N2O3S/c1-10(19,7-3-2-4-20-7)5-15-8(17)9(18)16-6-11(12,13)14/h2-4,19H,5-6H2,1H3,(H,15,17)(H,16,18)/t10-/m0/s1. The Bertz CT molecular complexity index is 472. The molecule has 20 heavy (non-hydrogen) atoms. The van der Waals surface area contributed by atoms with E-state index in [0.717, 1.165) is 0 Å². The van der Waals surface area contributed by atoms with Crippen LogP contribution >= 0.6 is 11.3 Å². The van der Waals surface area contributed by atoms with E-state index in [4.69, 9.17) is 0 Å². The average Bonchev–Trinajstić information content (AvgIpc) is 2.86. The Morgan fingerprint density at radius 2 is 1.80 bits per heavy atom. The van der Waals surface area contributed by atoms with Gasteiger partial charge in [-0.15, -0.1) is 11.3 Å². The fourth-order valence-corrected chi connectivity index (χ4v) is 2.05. The molecule has 1 rings (SSSR count). The smallest absolute Gasteiger partial charge is 0.383 e. The summed E-state index contributed by atoms with van der Waals surface area (Å²) in [6, 6.07) is 3.34. The minimum atomic E-state index is -4.58. The molecule has 0 aromatic carbocycles. The summed E-state index contributed by atoms with van der Waals surface area (Å²) in [4.78, 5) is 22.9. The third-order valence-electron chi connectivity index (χ3n) is 2.30. The van der Waals surface area contributed by atoms with Crippen molar-refractivity contribution in [2.24, 2.45) is 0 Å². The van der Waals surface area contributed by atoms with E-state index in [1.807, 2.05) is 0 Å². The molecule has 0 spiro atoms. The highest BCUT2D eigenvalue weighted by Crippen LogP contribution is 2.24. The van der Waals surface area contributed by atoms with Gasteiger partial charge in [0.2, 0.25) is 0 Å². The number of aliphatic hydroxyl groups is 1. The molecule has 1 atom stereocenters. The van der Waals surface area contributed by atoms with E-state index < -0.39 is 30.1 Å². The van der Waals surface area contributed by atoms with Gasteiger partial charge in [0.15, 0.2) is 0 Å². The van der Waals surface area contributed by atoms with Crippen LogP contribution in [0.2, 0.25) is 0 Å². The van der Waals surface area contributed by atoms with Crippen LogP contribution in [-0.4, -0.2) is 36.2 Å². The Labute approximate surface area is 116 Å². The SMILES string of the molecule is C[C@](O)(CNC(=O)C(=O)NCC(F)(F)F)c1cccs1. The molecule has 1 aromatic rings. The Morgan fingerprint density at radius 1 is 1.25 bits per heavy atom. The van der Waals surface area contributed by atoms with E-state index in [9.17, 15) is 27.9 Å². The lowest BCUT2D eigenvalue weighted by Gasteiger charge is -2.22. The highest BCUT2D eigenvalue weighted by atomic mass is 32.1. The summed E-state index contributed by atoms with van der Waals surface area (Å²) in [5, 5.41) is 15.3. The van der Waals surface area contributed by atoms with Crippen molar-refractivity contribution in [1.82, 2.24) is 10.6 Å². The number of thiophene rings is 1. The highest BCUT2D eigenvalue weighted by molar-refractivity contribution is 7.10. The average molecular weight is 310 g/mol. The topological polar surface area (TPSA) is 78.4 Å². The van der Waals surface area contributed by atoms with Gasteiger partial charge in [-0.05, 0) is 18.4 Å². The molecule has 9 heteroatoms. The second kappa shape index (κ2) is 6.23. The number of nitrogens with one attached hydrogen (secondary N) is 2. The van der Waals surface area contributed by atoms with Gasteiger partial charge < -0.3 is 15.7 Å². The first kappa shape index (κ1) is 16.4. The molecule has 0 aliphatic rings. The third-order valence-corrected chi connectivity index (χ3v) is 3.42. The summed E-state index contributed by atoms with van der Waals surface area (Å²) >= 11 is 1.25. The largest absolute Gasteiger partial charge is 0.405 e. The fraction of sp³-hybridized carbons (Fsp3) is 0.455. The zero-order valence-electron chi connectivity index (χ0n) is 10.5. The molecule has 5 nitrogen and oxygen atoms in total. The Morgan fingerprint density at radius 3 is 2.25 bits per heavy atom. The second-order valence-corrected chi connectivity index (χ2v) is 5.18. The summed E-state index contributed by atoms with van der Waals surface area (Å²) in [6.07, 6.45) is -4.58. The molecule has 0 saturated carbocycles. The van der Waals surface area contributed by atoms with E-state index in [1.54, 1.807) is 17.5 Å². The highest BCUT2D eigenvalue weighted by Gasteiger charge is 2.30. The van der Waals surface area contributed by atoms with Crippen molar-refractivity contribution in [2.75, 3.05) is 13.1 Å². The van der Waals surface area contributed by atoms with Crippen molar-refractivity contribution >= 4 is 23.2 Å². The second-order valence-electron chi connectivity index (χ2n) is 4.23. The van der Waals surface area contributed by atoms with Crippen LogP contribution in [0.3, 0.4) is 0 Å². The van der Waals surface area contributed by atoms with Crippen molar-refractivity contribution in [3.63, 3.8) is 0 Å². The van der Waals surface area contributed by atoms with Crippen LogP contribution in [-0.2, 0) is 15.2 Å². The minimum absolute atomic E-state index is 0.286. The number of hydrogen-bond donors (Lipinski definition) is 3. The predicted molar refractivity (Wildman–Crippen MR) is 66.0 cm³/mol. The summed E-state index contributed by atoms with van der Waals surface area (Å²) in [7, 11) is 0. The van der Waals surface area contributed by atoms with E-state index >= 15 is 0 Å². The van der Waals surface area contributed by atoms with E-state index in [-0.39, 0.29) is 6.54 Å². The van der Waals surface area contributed by atoms with Crippen LogP contribution < -0.4 is 10.6 Å². The molecule has 0 radical (unpaired) electrons. The van der Waals surface area contributed by atoms with Crippen LogP contribution in [0, 0.1) is 0 Å². The van der Waals surface area contributed by atoms with Crippen molar-refractivity contribution in [1.29, 1.82) is 0 Å². The molecule has 0 aliphatic carbocycles. The number of halogens is 3. The minimum Gasteiger partial charge on any atom is -0.383 e. The van der Waals surface area contributed by atoms with Gasteiger partial charge in [0, 0.05) is 4.88 Å². The Kier molecular flexibility index (Phi) is 5.12. The zero-order chi connectivity index (χ0) is 15.4. The quantitative estimate of drug-likeness (QED) is 0.718. The molecular weight excluding hydrogens is 297 g/mol. The maximum absolute atomic E-state index is 11.9. The van der Waals surface area contributed by atoms with Crippen molar-refractivity contribution < 1.29 is 27.9 Å². The van der Waals surface area contributed by atoms with Crippen molar-refractivity contribution in [3.8, 4) is 0 Å². The van der Waals surface area contributed by atoms with Crippen LogP contribution in [0.1, 0.15) is 11.8 Å². The molecule has 0 fully saturated rings. The van der Waals surface area contributed by atoms with Gasteiger partial charge in [0.1, 0.15) is 12.1 Å². The van der Waals surface area contributed by atoms with Crippen molar-refractivity contribution in [2.45, 2.75) is 18.7 Å². The maximum atomic E-state index is 11.9. The lowest BCUT2D eigenvalue weighted by atomic mass is 10.1. The van der Waals surface area contributed by atoms with E-state index in [0.29, 0.717) is 4.88 Å². The number of rotatable bonds is 4. The third kappa shape index (κ3) is 5.17. The molecule has 3 N–H and O–H groups in total. The number of amides is 2. The lowest BCUT2D eigenvalue weighted by molar-refractivity contribution is -0.146. The molecular formula is C11H13F3N2O3S. The molecule has 0 bridgehead atoms. The number of hydrogen-bond acceptors (Lipinski definition) is 4. The van der Waals surface area contributed by atoms with Gasteiger partial charge in [0.05, 0.1) is 6.54 Å². The first-order valence-corrected chi connectivity index (χ1v) is 6.39. The lowest BCUT2D eigenvalue weighted by Crippen LogP contribution is -2.47. The van der Waals surface area contributed by atoms with E-state index in [1.165, 1.54) is 23.6 Å². The molecule has 0 unspecified atom stereocenters. The normalized spacial score (nSPS) is 14.4. The summed E-state index contributed by atoms with van der Waals surface area (Å²) in [5.41, 5.74) is -1.39. The number of carbonyl (C=O) groups is 2. The van der Waals surface area contributed by atoms with Gasteiger partial charge in [-0.2, -0.15) is 13.2 Å². The summed E-state index contributed by atoms with van der Waals surface area (Å²) in [5.74, 6) is -2.63.